The zero-order valence-corrected chi connectivity index (χ0v) is 11.6. The monoisotopic (exact) mass is 256 g/mol. The quantitative estimate of drug-likeness (QED) is 0.891. The maximum Gasteiger partial charge on any atom is 0.110 e. The van der Waals surface area contributed by atoms with Crippen LogP contribution in [0, 0.1) is 13.8 Å². The van der Waals surface area contributed by atoms with E-state index in [9.17, 15) is 0 Å². The van der Waals surface area contributed by atoms with Gasteiger partial charge in [-0.2, -0.15) is 0 Å². The van der Waals surface area contributed by atoms with Crippen molar-refractivity contribution in [1.82, 2.24) is 14.9 Å². The molecule has 4 heteroatoms. The van der Waals surface area contributed by atoms with Crippen molar-refractivity contribution in [2.45, 2.75) is 13.8 Å². The molecule has 1 aliphatic heterocycles. The van der Waals surface area contributed by atoms with Gasteiger partial charge in [-0.15, -0.1) is 0 Å². The molecule has 19 heavy (non-hydrogen) atoms. The molecule has 1 saturated heterocycles. The average molecular weight is 256 g/mol. The Bertz CT molecular complexity index is 567. The van der Waals surface area contributed by atoms with Crippen LogP contribution < -0.4 is 10.2 Å². The number of aromatic nitrogens is 2. The van der Waals surface area contributed by atoms with Crippen molar-refractivity contribution in [3.05, 3.63) is 42.0 Å². The molecule has 0 spiro atoms. The molecular formula is C15H20N4. The second-order valence-corrected chi connectivity index (χ2v) is 5.06. The van der Waals surface area contributed by atoms with Crippen molar-refractivity contribution < 1.29 is 0 Å². The van der Waals surface area contributed by atoms with E-state index in [1.54, 1.807) is 0 Å². The molecule has 1 aromatic heterocycles. The lowest BCUT2D eigenvalue weighted by atomic mass is 10.2. The Balaban J connectivity index is 1.93. The van der Waals surface area contributed by atoms with Gasteiger partial charge in [0.2, 0.25) is 0 Å². The summed E-state index contributed by atoms with van der Waals surface area (Å²) in [4.78, 5) is 6.90. The van der Waals surface area contributed by atoms with Gasteiger partial charge in [-0.05, 0) is 32.0 Å². The van der Waals surface area contributed by atoms with Crippen molar-refractivity contribution in [3.63, 3.8) is 0 Å². The summed E-state index contributed by atoms with van der Waals surface area (Å²) in [5.41, 5.74) is 3.55. The summed E-state index contributed by atoms with van der Waals surface area (Å²) in [6.45, 7) is 8.35. The zero-order chi connectivity index (χ0) is 13.2. The molecule has 0 aliphatic carbocycles. The lowest BCUT2D eigenvalue weighted by Gasteiger charge is -2.29. The van der Waals surface area contributed by atoms with Crippen LogP contribution in [0.2, 0.25) is 0 Å². The van der Waals surface area contributed by atoms with Crippen LogP contribution in [0.4, 0.5) is 5.69 Å². The predicted molar refractivity (Wildman–Crippen MR) is 78.1 cm³/mol. The number of piperazine rings is 1. The highest BCUT2D eigenvalue weighted by Gasteiger charge is 2.11. The van der Waals surface area contributed by atoms with E-state index in [-0.39, 0.29) is 0 Å². The average Bonchev–Trinajstić information content (AvgIpc) is 2.79. The number of benzene rings is 1. The van der Waals surface area contributed by atoms with E-state index in [1.165, 1.54) is 11.4 Å². The number of hydrogen-bond donors (Lipinski definition) is 1. The third-order valence-corrected chi connectivity index (χ3v) is 3.59. The summed E-state index contributed by atoms with van der Waals surface area (Å²) in [6.07, 6.45) is 2.09. The fourth-order valence-electron chi connectivity index (χ4n) is 2.64. The molecular weight excluding hydrogens is 236 g/mol. The zero-order valence-electron chi connectivity index (χ0n) is 11.6. The fraction of sp³-hybridized carbons (Fsp3) is 0.400. The summed E-state index contributed by atoms with van der Waals surface area (Å²) in [7, 11) is 0. The minimum absolute atomic E-state index is 1.04. The largest absolute Gasteiger partial charge is 0.369 e. The second-order valence-electron chi connectivity index (χ2n) is 5.06. The van der Waals surface area contributed by atoms with Crippen molar-refractivity contribution in [2.75, 3.05) is 31.1 Å². The van der Waals surface area contributed by atoms with Crippen LogP contribution >= 0.6 is 0 Å². The lowest BCUT2D eigenvalue weighted by Crippen LogP contribution is -2.43. The van der Waals surface area contributed by atoms with Crippen LogP contribution in [0.15, 0.2) is 30.5 Å². The van der Waals surface area contributed by atoms with E-state index in [4.69, 9.17) is 0 Å². The van der Waals surface area contributed by atoms with Crippen LogP contribution in [-0.2, 0) is 0 Å². The number of rotatable bonds is 2. The van der Waals surface area contributed by atoms with Gasteiger partial charge in [-0.1, -0.05) is 6.07 Å². The Hall–Kier alpha value is -1.81. The Labute approximate surface area is 114 Å². The van der Waals surface area contributed by atoms with Crippen LogP contribution in [0.3, 0.4) is 0 Å². The van der Waals surface area contributed by atoms with Crippen molar-refractivity contribution in [1.29, 1.82) is 0 Å². The number of nitrogens with zero attached hydrogens (tertiary/aromatic N) is 3. The van der Waals surface area contributed by atoms with E-state index in [0.717, 1.165) is 37.7 Å². The number of nitrogens with one attached hydrogen (secondary N) is 1. The maximum absolute atomic E-state index is 4.47. The first kappa shape index (κ1) is 12.2. The summed E-state index contributed by atoms with van der Waals surface area (Å²) in [5.74, 6) is 1.04. The van der Waals surface area contributed by atoms with Gasteiger partial charge in [0.15, 0.2) is 0 Å². The molecule has 1 fully saturated rings. The molecule has 0 radical (unpaired) electrons. The van der Waals surface area contributed by atoms with Gasteiger partial charge in [-0.25, -0.2) is 4.98 Å². The Morgan fingerprint density at radius 3 is 2.53 bits per heavy atom. The molecule has 0 bridgehead atoms. The summed E-state index contributed by atoms with van der Waals surface area (Å²) in [5, 5.41) is 3.39. The Morgan fingerprint density at radius 1 is 1.11 bits per heavy atom. The van der Waals surface area contributed by atoms with Crippen molar-refractivity contribution in [2.24, 2.45) is 0 Å². The van der Waals surface area contributed by atoms with Crippen LogP contribution in [0.5, 0.6) is 0 Å². The van der Waals surface area contributed by atoms with E-state index >= 15 is 0 Å². The van der Waals surface area contributed by atoms with Gasteiger partial charge < -0.3 is 14.8 Å². The number of aryl methyl sites for hydroxylation is 2. The normalized spacial score (nSPS) is 15.8. The van der Waals surface area contributed by atoms with Crippen molar-refractivity contribution in [3.8, 4) is 5.69 Å². The molecule has 0 unspecified atom stereocenters. The summed E-state index contributed by atoms with van der Waals surface area (Å²) < 4.78 is 2.15. The molecule has 0 amide bonds. The topological polar surface area (TPSA) is 33.1 Å². The summed E-state index contributed by atoms with van der Waals surface area (Å²) >= 11 is 0. The molecule has 2 heterocycles. The molecule has 1 N–H and O–H groups in total. The van der Waals surface area contributed by atoms with Gasteiger partial charge >= 0.3 is 0 Å². The van der Waals surface area contributed by atoms with E-state index in [2.05, 4.69) is 50.2 Å². The standard InChI is InChI=1S/C15H20N4/c1-12-11-19(13(2)17-12)15-5-3-4-14(10-15)18-8-6-16-7-9-18/h3-5,10-11,16H,6-9H2,1-2H3. The number of imidazole rings is 1. The second kappa shape index (κ2) is 5.05. The molecule has 4 nitrogen and oxygen atoms in total. The van der Waals surface area contributed by atoms with Gasteiger partial charge in [0, 0.05) is 43.8 Å². The van der Waals surface area contributed by atoms with Gasteiger partial charge in [0.1, 0.15) is 5.82 Å². The smallest absolute Gasteiger partial charge is 0.110 e. The highest BCUT2D eigenvalue weighted by molar-refractivity contribution is 5.54. The van der Waals surface area contributed by atoms with Crippen LogP contribution in [-0.4, -0.2) is 35.7 Å². The van der Waals surface area contributed by atoms with Gasteiger partial charge in [-0.3, -0.25) is 0 Å². The Kier molecular flexibility index (Phi) is 3.25. The third-order valence-electron chi connectivity index (χ3n) is 3.59. The maximum atomic E-state index is 4.47. The first-order chi connectivity index (χ1) is 9.24. The molecule has 1 aromatic carbocycles. The first-order valence-electron chi connectivity index (χ1n) is 6.83. The molecule has 3 rings (SSSR count). The molecule has 1 aliphatic rings. The molecule has 100 valence electrons. The van der Waals surface area contributed by atoms with E-state index in [1.807, 2.05) is 13.8 Å². The van der Waals surface area contributed by atoms with Crippen LogP contribution in [0.25, 0.3) is 5.69 Å². The predicted octanol–water partition coefficient (Wildman–Crippen LogP) is 1.90. The van der Waals surface area contributed by atoms with Gasteiger partial charge in [0.05, 0.1) is 5.69 Å². The van der Waals surface area contributed by atoms with E-state index in [0.29, 0.717) is 0 Å². The minimum atomic E-state index is 1.04. The Morgan fingerprint density at radius 2 is 1.84 bits per heavy atom. The van der Waals surface area contributed by atoms with Crippen molar-refractivity contribution >= 4 is 5.69 Å². The van der Waals surface area contributed by atoms with Crippen LogP contribution in [0.1, 0.15) is 11.5 Å². The minimum Gasteiger partial charge on any atom is -0.369 e. The highest BCUT2D eigenvalue weighted by Crippen LogP contribution is 2.20. The first-order valence-corrected chi connectivity index (χ1v) is 6.83. The number of hydrogen-bond acceptors (Lipinski definition) is 3. The lowest BCUT2D eigenvalue weighted by molar-refractivity contribution is 0.589. The van der Waals surface area contributed by atoms with E-state index < -0.39 is 0 Å². The molecule has 2 aromatic rings. The van der Waals surface area contributed by atoms with Gasteiger partial charge in [0.25, 0.3) is 0 Å². The fourth-order valence-corrected chi connectivity index (χ4v) is 2.64. The SMILES string of the molecule is Cc1cn(-c2cccc(N3CCNCC3)c2)c(C)n1. The molecule has 0 atom stereocenters. The summed E-state index contributed by atoms with van der Waals surface area (Å²) in [6, 6.07) is 8.70. The third kappa shape index (κ3) is 2.49. The highest BCUT2D eigenvalue weighted by atomic mass is 15.2. The molecule has 0 saturated carbocycles. The number of anilines is 1.